The van der Waals surface area contributed by atoms with E-state index in [4.69, 9.17) is 4.98 Å². The number of para-hydroxylation sites is 1. The van der Waals surface area contributed by atoms with Crippen molar-refractivity contribution in [2.75, 3.05) is 45.7 Å². The van der Waals surface area contributed by atoms with E-state index in [2.05, 4.69) is 89.1 Å². The van der Waals surface area contributed by atoms with Gasteiger partial charge in [-0.05, 0) is 45.0 Å². The SMILES string of the molecule is C[n+]1cc(Br)cc2sc(/C=C3/CCN(CCC[N+](C)(C)C)c4ccccc43)nc21. The van der Waals surface area contributed by atoms with E-state index < -0.39 is 0 Å². The highest BCUT2D eigenvalue weighted by Gasteiger charge is 2.22. The third kappa shape index (κ3) is 4.71. The lowest BCUT2D eigenvalue weighted by atomic mass is 9.95. The zero-order valence-electron chi connectivity index (χ0n) is 17.7. The first-order chi connectivity index (χ1) is 13.8. The van der Waals surface area contributed by atoms with Crippen LogP contribution in [-0.4, -0.2) is 50.2 Å². The number of quaternary nitrogens is 1. The molecule has 152 valence electrons. The summed E-state index contributed by atoms with van der Waals surface area (Å²) >= 11 is 5.35. The van der Waals surface area contributed by atoms with Gasteiger partial charge in [0.05, 0.1) is 39.2 Å². The van der Waals surface area contributed by atoms with Crippen molar-refractivity contribution in [3.63, 3.8) is 0 Å². The molecule has 0 N–H and O–H groups in total. The van der Waals surface area contributed by atoms with Crippen molar-refractivity contribution in [2.45, 2.75) is 12.8 Å². The average Bonchev–Trinajstić information content (AvgIpc) is 3.05. The molecule has 0 bridgehead atoms. The summed E-state index contributed by atoms with van der Waals surface area (Å²) in [6, 6.07) is 11.0. The van der Waals surface area contributed by atoms with Crippen LogP contribution in [0, 0.1) is 0 Å². The summed E-state index contributed by atoms with van der Waals surface area (Å²) in [5, 5.41) is 1.08. The summed E-state index contributed by atoms with van der Waals surface area (Å²) in [5.41, 5.74) is 5.15. The first kappa shape index (κ1) is 20.5. The van der Waals surface area contributed by atoms with Gasteiger partial charge < -0.3 is 9.38 Å². The number of pyridine rings is 1. The molecule has 0 atom stereocenters. The molecular formula is C23H29BrN4S+2. The number of hydrogen-bond acceptors (Lipinski definition) is 3. The van der Waals surface area contributed by atoms with Crippen molar-refractivity contribution >= 4 is 55.0 Å². The fourth-order valence-corrected chi connectivity index (χ4v) is 5.67. The fourth-order valence-electron chi connectivity index (χ4n) is 3.96. The molecule has 1 aliphatic heterocycles. The highest BCUT2D eigenvalue weighted by Crippen LogP contribution is 2.36. The number of rotatable bonds is 5. The maximum atomic E-state index is 4.88. The lowest BCUT2D eigenvalue weighted by molar-refractivity contribution is -0.870. The molecule has 4 nitrogen and oxygen atoms in total. The van der Waals surface area contributed by atoms with E-state index in [1.807, 2.05) is 7.05 Å². The second-order valence-electron chi connectivity index (χ2n) is 8.80. The number of anilines is 1. The molecule has 1 aromatic carbocycles. The number of halogens is 1. The van der Waals surface area contributed by atoms with Crippen molar-refractivity contribution < 1.29 is 9.05 Å². The molecule has 0 unspecified atom stereocenters. The van der Waals surface area contributed by atoms with Crippen molar-refractivity contribution in [3.8, 4) is 0 Å². The predicted molar refractivity (Wildman–Crippen MR) is 127 cm³/mol. The summed E-state index contributed by atoms with van der Waals surface area (Å²) < 4.78 is 5.40. The van der Waals surface area contributed by atoms with Gasteiger partial charge in [-0.25, -0.2) is 4.57 Å². The molecule has 6 heteroatoms. The molecule has 1 aliphatic rings. The second-order valence-corrected chi connectivity index (χ2v) is 10.8. The standard InChI is InChI=1S/C23H29BrN4S/c1-26-16-18(24)15-21-23(26)25-22(29-21)14-17-10-12-27(11-7-13-28(2,3)4)20-9-6-5-8-19(17)20/h5-6,8-9,14-16H,7,10-13H2,1-4H3/q+2. The molecule has 0 radical (unpaired) electrons. The number of hydrogen-bond donors (Lipinski definition) is 0. The molecule has 0 aliphatic carbocycles. The zero-order chi connectivity index (χ0) is 20.6. The Kier molecular flexibility index (Phi) is 5.78. The Morgan fingerprint density at radius 3 is 2.86 bits per heavy atom. The molecule has 0 amide bonds. The first-order valence-electron chi connectivity index (χ1n) is 10.1. The Labute approximate surface area is 185 Å². The monoisotopic (exact) mass is 472 g/mol. The minimum atomic E-state index is 1.02. The maximum Gasteiger partial charge on any atom is 0.342 e. The van der Waals surface area contributed by atoms with Gasteiger partial charge in [-0.15, -0.1) is 0 Å². The van der Waals surface area contributed by atoms with Crippen LogP contribution in [0.15, 0.2) is 41.0 Å². The van der Waals surface area contributed by atoms with Crippen molar-refractivity contribution in [2.24, 2.45) is 7.05 Å². The van der Waals surface area contributed by atoms with Crippen LogP contribution in [0.5, 0.6) is 0 Å². The molecule has 0 spiro atoms. The van der Waals surface area contributed by atoms with Gasteiger partial charge in [0.2, 0.25) is 5.01 Å². The fraction of sp³-hybridized carbons (Fsp3) is 0.391. The van der Waals surface area contributed by atoms with Crippen LogP contribution < -0.4 is 9.47 Å². The largest absolute Gasteiger partial charge is 0.370 e. The number of thiazole rings is 1. The van der Waals surface area contributed by atoms with Gasteiger partial charge in [0, 0.05) is 36.8 Å². The molecule has 29 heavy (non-hydrogen) atoms. The van der Waals surface area contributed by atoms with Crippen LogP contribution in [0.1, 0.15) is 23.4 Å². The zero-order valence-corrected chi connectivity index (χ0v) is 20.1. The normalized spacial score (nSPS) is 15.9. The van der Waals surface area contributed by atoms with Crippen LogP contribution in [0.3, 0.4) is 0 Å². The van der Waals surface area contributed by atoms with Gasteiger partial charge >= 0.3 is 5.65 Å². The van der Waals surface area contributed by atoms with Gasteiger partial charge in [-0.2, -0.15) is 0 Å². The molecule has 4 rings (SSSR count). The maximum absolute atomic E-state index is 4.88. The lowest BCUT2D eigenvalue weighted by Gasteiger charge is -2.33. The molecule has 3 aromatic rings. The molecule has 0 saturated carbocycles. The van der Waals surface area contributed by atoms with E-state index in [-0.39, 0.29) is 0 Å². The van der Waals surface area contributed by atoms with Crippen molar-refractivity contribution in [1.82, 2.24) is 4.98 Å². The van der Waals surface area contributed by atoms with Crippen molar-refractivity contribution in [1.29, 1.82) is 0 Å². The topological polar surface area (TPSA) is 20.0 Å². The minimum absolute atomic E-state index is 1.02. The van der Waals surface area contributed by atoms with E-state index >= 15 is 0 Å². The summed E-state index contributed by atoms with van der Waals surface area (Å²) in [7, 11) is 8.85. The lowest BCUT2D eigenvalue weighted by Crippen LogP contribution is -2.38. The Morgan fingerprint density at radius 2 is 2.07 bits per heavy atom. The van der Waals surface area contributed by atoms with Crippen LogP contribution in [0.25, 0.3) is 22.0 Å². The minimum Gasteiger partial charge on any atom is -0.370 e. The van der Waals surface area contributed by atoms with Crippen LogP contribution in [0.4, 0.5) is 5.69 Å². The molecule has 0 saturated heterocycles. The van der Waals surface area contributed by atoms with Crippen LogP contribution in [0.2, 0.25) is 0 Å². The van der Waals surface area contributed by atoms with Gasteiger partial charge in [0.25, 0.3) is 0 Å². The Hall–Kier alpha value is -1.76. The Morgan fingerprint density at radius 1 is 1.28 bits per heavy atom. The van der Waals surface area contributed by atoms with Crippen molar-refractivity contribution in [3.05, 3.63) is 51.6 Å². The third-order valence-electron chi connectivity index (χ3n) is 5.37. The number of aryl methyl sites for hydroxylation is 1. The molecule has 3 heterocycles. The van der Waals surface area contributed by atoms with E-state index in [0.717, 1.165) is 39.1 Å². The number of aromatic nitrogens is 2. The average molecular weight is 473 g/mol. The van der Waals surface area contributed by atoms with Gasteiger partial charge in [0.1, 0.15) is 10.9 Å². The van der Waals surface area contributed by atoms with E-state index in [1.54, 1.807) is 11.3 Å². The van der Waals surface area contributed by atoms with Gasteiger partial charge in [-0.3, -0.25) is 0 Å². The third-order valence-corrected chi connectivity index (χ3v) is 6.74. The Balaban J connectivity index is 1.61. The first-order valence-corrected chi connectivity index (χ1v) is 11.7. The molecular weight excluding hydrogens is 444 g/mol. The van der Waals surface area contributed by atoms with Crippen LogP contribution in [-0.2, 0) is 7.05 Å². The number of fused-ring (bicyclic) bond motifs is 2. The second kappa shape index (κ2) is 8.17. The van der Waals surface area contributed by atoms with Gasteiger partial charge in [-0.1, -0.05) is 29.5 Å². The quantitative estimate of drug-likeness (QED) is 0.395. The summed E-state index contributed by atoms with van der Waals surface area (Å²) in [4.78, 5) is 7.44. The van der Waals surface area contributed by atoms with Gasteiger partial charge in [0.15, 0.2) is 0 Å². The summed E-state index contributed by atoms with van der Waals surface area (Å²) in [6.45, 7) is 3.38. The Bertz CT molecular complexity index is 1060. The van der Waals surface area contributed by atoms with E-state index in [0.29, 0.717) is 0 Å². The van der Waals surface area contributed by atoms with E-state index in [9.17, 15) is 0 Å². The number of nitrogens with zero attached hydrogens (tertiary/aromatic N) is 4. The van der Waals surface area contributed by atoms with E-state index in [1.165, 1.54) is 34.5 Å². The molecule has 2 aromatic heterocycles. The smallest absolute Gasteiger partial charge is 0.342 e. The molecule has 0 fully saturated rings. The predicted octanol–water partition coefficient (Wildman–Crippen LogP) is 4.73. The summed E-state index contributed by atoms with van der Waals surface area (Å²) in [5.74, 6) is 0. The van der Waals surface area contributed by atoms with Crippen LogP contribution >= 0.6 is 27.3 Å². The highest BCUT2D eigenvalue weighted by atomic mass is 79.9. The summed E-state index contributed by atoms with van der Waals surface area (Å²) in [6.07, 6.45) is 6.62. The number of benzene rings is 1. The highest BCUT2D eigenvalue weighted by molar-refractivity contribution is 9.10.